The highest BCUT2D eigenvalue weighted by molar-refractivity contribution is 5.91. The number of nitrogens with one attached hydrogen (secondary N) is 1. The van der Waals surface area contributed by atoms with Gasteiger partial charge in [0.2, 0.25) is 0 Å². The van der Waals surface area contributed by atoms with Crippen molar-refractivity contribution in [1.82, 2.24) is 0 Å². The highest BCUT2D eigenvalue weighted by Gasteiger charge is 2.11. The Morgan fingerprint density at radius 3 is 2.50 bits per heavy atom. The quantitative estimate of drug-likeness (QED) is 0.855. The average molecular weight is 294 g/mol. The van der Waals surface area contributed by atoms with Gasteiger partial charge in [0.15, 0.2) is 6.54 Å². The van der Waals surface area contributed by atoms with E-state index in [4.69, 9.17) is 5.26 Å². The number of carbonyl (C=O) groups excluding carboxylic acids is 1. The summed E-state index contributed by atoms with van der Waals surface area (Å²) in [5.74, 6) is -0.0317. The Morgan fingerprint density at radius 2 is 1.86 bits per heavy atom. The fraction of sp³-hybridized carbons (Fsp3) is 0.222. The van der Waals surface area contributed by atoms with Crippen molar-refractivity contribution in [1.29, 1.82) is 5.26 Å². The highest BCUT2D eigenvalue weighted by Crippen LogP contribution is 2.09. The molecule has 0 heterocycles. The van der Waals surface area contributed by atoms with Crippen LogP contribution in [-0.2, 0) is 11.2 Å². The molecule has 1 atom stereocenters. The number of rotatable bonds is 6. The SMILES string of the molecule is C[C@@H]([NH2+]CC(=O)Nc1ccc(CC#N)cc1)c1ccccc1. The van der Waals surface area contributed by atoms with Gasteiger partial charge in [-0.25, -0.2) is 0 Å². The molecule has 0 aliphatic carbocycles. The van der Waals surface area contributed by atoms with E-state index >= 15 is 0 Å². The van der Waals surface area contributed by atoms with Crippen molar-refractivity contribution >= 4 is 11.6 Å². The molecule has 0 aliphatic rings. The van der Waals surface area contributed by atoms with Crippen molar-refractivity contribution in [2.45, 2.75) is 19.4 Å². The van der Waals surface area contributed by atoms with Crippen LogP contribution in [0.5, 0.6) is 0 Å². The van der Waals surface area contributed by atoms with Crippen LogP contribution in [0.1, 0.15) is 24.1 Å². The topological polar surface area (TPSA) is 69.5 Å². The highest BCUT2D eigenvalue weighted by atomic mass is 16.1. The summed E-state index contributed by atoms with van der Waals surface area (Å²) in [6.07, 6.45) is 0.386. The Kier molecular flexibility index (Phi) is 5.70. The molecule has 4 nitrogen and oxygen atoms in total. The summed E-state index contributed by atoms with van der Waals surface area (Å²) in [5, 5.41) is 13.5. The Hall–Kier alpha value is -2.64. The zero-order valence-corrected chi connectivity index (χ0v) is 12.6. The average Bonchev–Trinajstić information content (AvgIpc) is 2.55. The largest absolute Gasteiger partial charge is 0.333 e. The van der Waals surface area contributed by atoms with Gasteiger partial charge in [-0.2, -0.15) is 5.26 Å². The summed E-state index contributed by atoms with van der Waals surface area (Å²) in [4.78, 5) is 12.0. The predicted octanol–water partition coefficient (Wildman–Crippen LogP) is 2.02. The standard InChI is InChI=1S/C18H19N3O/c1-14(16-5-3-2-4-6-16)20-13-18(22)21-17-9-7-15(8-10-17)11-12-19/h2-10,14,20H,11,13H2,1H3,(H,21,22)/p+1/t14-/m1/s1. The molecule has 0 bridgehead atoms. The second kappa shape index (κ2) is 7.96. The van der Waals surface area contributed by atoms with Crippen molar-refractivity contribution in [3.63, 3.8) is 0 Å². The summed E-state index contributed by atoms with van der Waals surface area (Å²) in [6, 6.07) is 19.8. The Balaban J connectivity index is 1.81. The second-order valence-corrected chi connectivity index (χ2v) is 5.22. The molecule has 2 aromatic carbocycles. The summed E-state index contributed by atoms with van der Waals surface area (Å²) in [6.45, 7) is 2.45. The van der Waals surface area contributed by atoms with Gasteiger partial charge in [0.05, 0.1) is 12.5 Å². The van der Waals surface area contributed by atoms with Gasteiger partial charge in [0, 0.05) is 11.3 Å². The lowest BCUT2D eigenvalue weighted by atomic mass is 10.1. The molecule has 4 heteroatoms. The van der Waals surface area contributed by atoms with Gasteiger partial charge in [0.1, 0.15) is 6.04 Å². The van der Waals surface area contributed by atoms with E-state index < -0.39 is 0 Å². The number of hydrogen-bond donors (Lipinski definition) is 2. The summed E-state index contributed by atoms with van der Waals surface area (Å²) in [5.41, 5.74) is 2.91. The van der Waals surface area contributed by atoms with Crippen LogP contribution in [0.15, 0.2) is 54.6 Å². The van der Waals surface area contributed by atoms with Crippen LogP contribution in [0.3, 0.4) is 0 Å². The van der Waals surface area contributed by atoms with Crippen molar-refractivity contribution in [2.75, 3.05) is 11.9 Å². The molecule has 0 radical (unpaired) electrons. The van der Waals surface area contributed by atoms with E-state index in [1.807, 2.05) is 47.8 Å². The maximum absolute atomic E-state index is 12.0. The van der Waals surface area contributed by atoms with Gasteiger partial charge < -0.3 is 10.6 Å². The number of anilines is 1. The fourth-order valence-electron chi connectivity index (χ4n) is 2.19. The number of nitrogens with two attached hydrogens (primary N) is 1. The number of carbonyl (C=O) groups is 1. The second-order valence-electron chi connectivity index (χ2n) is 5.22. The third kappa shape index (κ3) is 4.72. The van der Waals surface area contributed by atoms with Gasteiger partial charge in [-0.05, 0) is 24.6 Å². The minimum absolute atomic E-state index is 0.0317. The van der Waals surface area contributed by atoms with E-state index in [0.717, 1.165) is 11.3 Å². The molecule has 0 aliphatic heterocycles. The van der Waals surface area contributed by atoms with Gasteiger partial charge in [0.25, 0.3) is 5.91 Å². The lowest BCUT2D eigenvalue weighted by Gasteiger charge is -2.11. The number of hydrogen-bond acceptors (Lipinski definition) is 2. The molecular formula is C18H20N3O+. The van der Waals surface area contributed by atoms with Crippen molar-refractivity contribution in [3.8, 4) is 6.07 Å². The zero-order valence-electron chi connectivity index (χ0n) is 12.6. The summed E-state index contributed by atoms with van der Waals surface area (Å²) in [7, 11) is 0. The molecule has 2 rings (SSSR count). The maximum Gasteiger partial charge on any atom is 0.279 e. The van der Waals surface area contributed by atoms with Crippen LogP contribution in [-0.4, -0.2) is 12.5 Å². The molecule has 0 saturated carbocycles. The molecule has 1 amide bonds. The number of nitriles is 1. The molecule has 0 spiro atoms. The molecular weight excluding hydrogens is 274 g/mol. The number of nitrogens with zero attached hydrogens (tertiary/aromatic N) is 1. The van der Waals surface area contributed by atoms with E-state index in [-0.39, 0.29) is 11.9 Å². The van der Waals surface area contributed by atoms with E-state index in [1.54, 1.807) is 0 Å². The number of amides is 1. The van der Waals surface area contributed by atoms with Crippen LogP contribution in [0.25, 0.3) is 0 Å². The molecule has 22 heavy (non-hydrogen) atoms. The van der Waals surface area contributed by atoms with Gasteiger partial charge in [-0.15, -0.1) is 0 Å². The Bertz CT molecular complexity index is 644. The minimum Gasteiger partial charge on any atom is -0.333 e. The number of benzene rings is 2. The van der Waals surface area contributed by atoms with Crippen molar-refractivity contribution in [2.24, 2.45) is 0 Å². The molecule has 112 valence electrons. The Morgan fingerprint density at radius 1 is 1.18 bits per heavy atom. The summed E-state index contributed by atoms with van der Waals surface area (Å²) >= 11 is 0. The molecule has 0 aromatic heterocycles. The molecule has 0 saturated heterocycles. The minimum atomic E-state index is -0.0317. The smallest absolute Gasteiger partial charge is 0.279 e. The van der Waals surface area contributed by atoms with Gasteiger partial charge >= 0.3 is 0 Å². The van der Waals surface area contributed by atoms with Crippen LogP contribution < -0.4 is 10.6 Å². The predicted molar refractivity (Wildman–Crippen MR) is 86.0 cm³/mol. The van der Waals surface area contributed by atoms with Gasteiger partial charge in [-0.1, -0.05) is 42.5 Å². The zero-order chi connectivity index (χ0) is 15.8. The molecule has 0 unspecified atom stereocenters. The van der Waals surface area contributed by atoms with E-state index in [9.17, 15) is 4.79 Å². The first-order valence-electron chi connectivity index (χ1n) is 7.33. The monoisotopic (exact) mass is 294 g/mol. The molecule has 3 N–H and O–H groups in total. The fourth-order valence-corrected chi connectivity index (χ4v) is 2.19. The van der Waals surface area contributed by atoms with E-state index in [0.29, 0.717) is 13.0 Å². The Labute approximate surface area is 130 Å². The third-order valence-electron chi connectivity index (χ3n) is 3.50. The summed E-state index contributed by atoms with van der Waals surface area (Å²) < 4.78 is 0. The lowest BCUT2D eigenvalue weighted by Crippen LogP contribution is -2.86. The van der Waals surface area contributed by atoms with Crippen LogP contribution in [0.2, 0.25) is 0 Å². The third-order valence-corrected chi connectivity index (χ3v) is 3.50. The van der Waals surface area contributed by atoms with Gasteiger partial charge in [-0.3, -0.25) is 4.79 Å². The first kappa shape index (κ1) is 15.7. The van der Waals surface area contributed by atoms with Crippen LogP contribution >= 0.6 is 0 Å². The number of quaternary nitrogens is 1. The maximum atomic E-state index is 12.0. The first-order chi connectivity index (χ1) is 10.7. The van der Waals surface area contributed by atoms with E-state index in [2.05, 4.69) is 30.4 Å². The van der Waals surface area contributed by atoms with Crippen molar-refractivity contribution in [3.05, 3.63) is 65.7 Å². The van der Waals surface area contributed by atoms with E-state index in [1.165, 1.54) is 5.56 Å². The van der Waals surface area contributed by atoms with Crippen LogP contribution in [0, 0.1) is 11.3 Å². The molecule has 2 aromatic rings. The van der Waals surface area contributed by atoms with Crippen LogP contribution in [0.4, 0.5) is 5.69 Å². The normalized spacial score (nSPS) is 11.5. The lowest BCUT2D eigenvalue weighted by molar-refractivity contribution is -0.682. The molecule has 0 fully saturated rings. The van der Waals surface area contributed by atoms with Crippen molar-refractivity contribution < 1.29 is 10.1 Å². The first-order valence-corrected chi connectivity index (χ1v) is 7.33.